The van der Waals surface area contributed by atoms with Crippen LogP contribution in [-0.2, 0) is 0 Å². The van der Waals surface area contributed by atoms with Gasteiger partial charge in [0.1, 0.15) is 10.8 Å². The lowest BCUT2D eigenvalue weighted by molar-refractivity contribution is -0.196. The van der Waals surface area contributed by atoms with Crippen LogP contribution >= 0.6 is 11.6 Å². The number of ether oxygens (including phenoxy) is 1. The second-order valence-electron chi connectivity index (χ2n) is 3.04. The van der Waals surface area contributed by atoms with Crippen molar-refractivity contribution in [2.75, 3.05) is 0 Å². The van der Waals surface area contributed by atoms with Crippen LogP contribution in [0.5, 0.6) is 11.6 Å². The minimum absolute atomic E-state index is 0.164. The molecule has 1 aromatic heterocycles. The Morgan fingerprint density at radius 2 is 2.19 bits per heavy atom. The van der Waals surface area contributed by atoms with E-state index < -0.39 is 12.3 Å². The summed E-state index contributed by atoms with van der Waals surface area (Å²) < 4.78 is 41.8. The molecule has 7 heteroatoms. The van der Waals surface area contributed by atoms with Gasteiger partial charge in [-0.05, 0) is 6.42 Å². The average Bonchev–Trinajstić information content (AvgIpc) is 2.14. The van der Waals surface area contributed by atoms with Crippen molar-refractivity contribution in [2.24, 2.45) is 0 Å². The minimum Gasteiger partial charge on any atom is -0.506 e. The van der Waals surface area contributed by atoms with Crippen molar-refractivity contribution in [3.8, 4) is 11.6 Å². The molecule has 0 unspecified atom stereocenters. The van der Waals surface area contributed by atoms with Gasteiger partial charge in [-0.1, -0.05) is 18.5 Å². The van der Waals surface area contributed by atoms with E-state index in [-0.39, 0.29) is 23.1 Å². The van der Waals surface area contributed by atoms with E-state index in [1.807, 2.05) is 0 Å². The Balaban J connectivity index is 2.86. The first-order valence-electron chi connectivity index (χ1n) is 4.42. The largest absolute Gasteiger partial charge is 0.506 e. The Morgan fingerprint density at radius 3 is 2.62 bits per heavy atom. The maximum atomic E-state index is 12.4. The zero-order chi connectivity index (χ0) is 12.3. The number of rotatable bonds is 3. The van der Waals surface area contributed by atoms with E-state index >= 15 is 0 Å². The van der Waals surface area contributed by atoms with E-state index in [1.165, 1.54) is 6.92 Å². The molecule has 0 fully saturated rings. The van der Waals surface area contributed by atoms with Gasteiger partial charge in [-0.3, -0.25) is 0 Å². The molecule has 0 amide bonds. The first-order valence-corrected chi connectivity index (χ1v) is 4.80. The highest BCUT2D eigenvalue weighted by atomic mass is 35.5. The Bertz CT molecular complexity index is 370. The molecule has 16 heavy (non-hydrogen) atoms. The van der Waals surface area contributed by atoms with Crippen molar-refractivity contribution in [3.63, 3.8) is 0 Å². The van der Waals surface area contributed by atoms with E-state index in [4.69, 9.17) is 16.7 Å². The van der Waals surface area contributed by atoms with Gasteiger partial charge in [0.25, 0.3) is 0 Å². The standard InChI is InChI=1S/C9H9ClF3NO2/c1-2-7(9(11,12)13)16-8-6(10)3-5(15)4-14-8/h3-4,7,15H,2H2,1H3/t7-/m0/s1. The van der Waals surface area contributed by atoms with Gasteiger partial charge >= 0.3 is 6.18 Å². The molecule has 90 valence electrons. The second kappa shape index (κ2) is 4.78. The number of hydrogen-bond donors (Lipinski definition) is 1. The molecule has 1 atom stereocenters. The number of aromatic hydroxyl groups is 1. The molecular formula is C9H9ClF3NO2. The molecule has 0 aliphatic rings. The van der Waals surface area contributed by atoms with Crippen LogP contribution < -0.4 is 4.74 Å². The normalized spacial score (nSPS) is 13.6. The highest BCUT2D eigenvalue weighted by Gasteiger charge is 2.40. The summed E-state index contributed by atoms with van der Waals surface area (Å²) in [5, 5.41) is 8.80. The zero-order valence-corrected chi connectivity index (χ0v) is 9.01. The van der Waals surface area contributed by atoms with Gasteiger partial charge in [-0.25, -0.2) is 4.98 Å². The van der Waals surface area contributed by atoms with Gasteiger partial charge in [0, 0.05) is 6.07 Å². The molecule has 1 N–H and O–H groups in total. The van der Waals surface area contributed by atoms with Gasteiger partial charge < -0.3 is 9.84 Å². The van der Waals surface area contributed by atoms with Crippen molar-refractivity contribution >= 4 is 11.6 Å². The lowest BCUT2D eigenvalue weighted by Crippen LogP contribution is -2.34. The summed E-state index contributed by atoms with van der Waals surface area (Å²) in [6.07, 6.45) is -5.72. The fraction of sp³-hybridized carbons (Fsp3) is 0.444. The molecule has 0 saturated heterocycles. The van der Waals surface area contributed by atoms with Crippen molar-refractivity contribution in [3.05, 3.63) is 17.3 Å². The summed E-state index contributed by atoms with van der Waals surface area (Å²) >= 11 is 5.57. The molecule has 3 nitrogen and oxygen atoms in total. The second-order valence-corrected chi connectivity index (χ2v) is 3.44. The van der Waals surface area contributed by atoms with Gasteiger partial charge in [0.2, 0.25) is 5.88 Å². The summed E-state index contributed by atoms with van der Waals surface area (Å²) in [7, 11) is 0. The summed E-state index contributed by atoms with van der Waals surface area (Å²) in [6, 6.07) is 1.06. The monoisotopic (exact) mass is 255 g/mol. The Morgan fingerprint density at radius 1 is 1.56 bits per heavy atom. The summed E-state index contributed by atoms with van der Waals surface area (Å²) in [4.78, 5) is 3.47. The average molecular weight is 256 g/mol. The smallest absolute Gasteiger partial charge is 0.425 e. The van der Waals surface area contributed by atoms with Crippen LogP contribution in [0.15, 0.2) is 12.3 Å². The molecule has 1 heterocycles. The van der Waals surface area contributed by atoms with Gasteiger partial charge in [0.05, 0.1) is 6.20 Å². The van der Waals surface area contributed by atoms with Crippen LogP contribution in [0.3, 0.4) is 0 Å². The van der Waals surface area contributed by atoms with Crippen LogP contribution in [-0.4, -0.2) is 22.4 Å². The predicted molar refractivity (Wildman–Crippen MR) is 51.7 cm³/mol. The zero-order valence-electron chi connectivity index (χ0n) is 8.25. The number of hydrogen-bond acceptors (Lipinski definition) is 3. The molecule has 0 radical (unpaired) electrons. The fourth-order valence-corrected chi connectivity index (χ4v) is 1.22. The lowest BCUT2D eigenvalue weighted by Gasteiger charge is -2.20. The van der Waals surface area contributed by atoms with Crippen LogP contribution in [0, 0.1) is 0 Å². The highest BCUT2D eigenvalue weighted by Crippen LogP contribution is 2.31. The number of aromatic nitrogens is 1. The first kappa shape index (κ1) is 12.9. The van der Waals surface area contributed by atoms with Crippen LogP contribution in [0.2, 0.25) is 5.02 Å². The molecule has 0 aliphatic heterocycles. The first-order chi connectivity index (χ1) is 7.34. The third kappa shape index (κ3) is 3.16. The number of nitrogens with zero attached hydrogens (tertiary/aromatic N) is 1. The topological polar surface area (TPSA) is 42.4 Å². The number of alkyl halides is 3. The summed E-state index contributed by atoms with van der Waals surface area (Å²) in [6.45, 7) is 1.34. The molecule has 0 saturated carbocycles. The quantitative estimate of drug-likeness (QED) is 0.902. The third-order valence-electron chi connectivity index (χ3n) is 1.78. The number of halogens is 4. The Kier molecular flexibility index (Phi) is 3.85. The lowest BCUT2D eigenvalue weighted by atomic mass is 10.3. The minimum atomic E-state index is -4.47. The molecule has 0 bridgehead atoms. The van der Waals surface area contributed by atoms with Gasteiger partial charge in [-0.15, -0.1) is 0 Å². The van der Waals surface area contributed by atoms with E-state index in [9.17, 15) is 13.2 Å². The van der Waals surface area contributed by atoms with Gasteiger partial charge in [0.15, 0.2) is 6.10 Å². The predicted octanol–water partition coefficient (Wildman–Crippen LogP) is 3.16. The molecule has 1 aromatic rings. The van der Waals surface area contributed by atoms with E-state index in [0.29, 0.717) is 0 Å². The Labute approximate surface area is 94.8 Å². The third-order valence-corrected chi connectivity index (χ3v) is 2.05. The summed E-state index contributed by atoms with van der Waals surface area (Å²) in [5.41, 5.74) is 0. The Hall–Kier alpha value is -1.17. The fourth-order valence-electron chi connectivity index (χ4n) is 1.02. The molecule has 1 rings (SSSR count). The maximum absolute atomic E-state index is 12.4. The molecular weight excluding hydrogens is 247 g/mol. The van der Waals surface area contributed by atoms with Crippen LogP contribution in [0.25, 0.3) is 0 Å². The van der Waals surface area contributed by atoms with Crippen molar-refractivity contribution in [2.45, 2.75) is 25.6 Å². The number of pyridine rings is 1. The van der Waals surface area contributed by atoms with Gasteiger partial charge in [-0.2, -0.15) is 13.2 Å². The van der Waals surface area contributed by atoms with Crippen LogP contribution in [0.4, 0.5) is 13.2 Å². The van der Waals surface area contributed by atoms with E-state index in [0.717, 1.165) is 12.3 Å². The summed E-state index contributed by atoms with van der Waals surface area (Å²) in [5.74, 6) is -0.582. The van der Waals surface area contributed by atoms with E-state index in [1.54, 1.807) is 0 Å². The highest BCUT2D eigenvalue weighted by molar-refractivity contribution is 6.31. The molecule has 0 aromatic carbocycles. The van der Waals surface area contributed by atoms with Crippen molar-refractivity contribution in [1.82, 2.24) is 4.98 Å². The maximum Gasteiger partial charge on any atom is 0.425 e. The van der Waals surface area contributed by atoms with Crippen LogP contribution in [0.1, 0.15) is 13.3 Å². The molecule has 0 aliphatic carbocycles. The van der Waals surface area contributed by atoms with Crippen molar-refractivity contribution in [1.29, 1.82) is 0 Å². The molecule has 0 spiro atoms. The SMILES string of the molecule is CC[C@H](Oc1ncc(O)cc1Cl)C(F)(F)F. The van der Waals surface area contributed by atoms with Crippen molar-refractivity contribution < 1.29 is 23.0 Å². The van der Waals surface area contributed by atoms with E-state index in [2.05, 4.69) is 9.72 Å².